The number of benzene rings is 2. The maximum Gasteiger partial charge on any atom is 0.255 e. The molecule has 6 rings (SSSR count). The molecule has 2 atom stereocenters. The molecule has 3 N–H and O–H groups in total. The van der Waals surface area contributed by atoms with Gasteiger partial charge in [0.05, 0.1) is 0 Å². The monoisotopic (exact) mass is 474 g/mol. The van der Waals surface area contributed by atoms with Crippen LogP contribution in [0.25, 0.3) is 0 Å². The first-order chi connectivity index (χ1) is 17.0. The number of ether oxygens (including phenoxy) is 1. The van der Waals surface area contributed by atoms with E-state index >= 15 is 0 Å². The third-order valence-corrected chi connectivity index (χ3v) is 7.93. The number of fused-ring (bicyclic) bond motifs is 2. The molecule has 1 spiro atoms. The van der Waals surface area contributed by atoms with Crippen molar-refractivity contribution in [1.82, 2.24) is 20.9 Å². The van der Waals surface area contributed by atoms with Gasteiger partial charge in [-0.3, -0.25) is 19.7 Å². The Morgan fingerprint density at radius 3 is 2.71 bits per heavy atom. The molecule has 2 saturated heterocycles. The van der Waals surface area contributed by atoms with Gasteiger partial charge in [-0.1, -0.05) is 30.3 Å². The summed E-state index contributed by atoms with van der Waals surface area (Å²) in [5, 5.41) is 9.58. The van der Waals surface area contributed by atoms with E-state index in [2.05, 4.69) is 34.1 Å². The maximum absolute atomic E-state index is 13.2. The lowest BCUT2D eigenvalue weighted by Gasteiger charge is -2.45. The Balaban J connectivity index is 1.22. The van der Waals surface area contributed by atoms with E-state index in [0.29, 0.717) is 25.1 Å². The highest BCUT2D eigenvalue weighted by molar-refractivity contribution is 6.05. The van der Waals surface area contributed by atoms with Crippen LogP contribution in [0.2, 0.25) is 0 Å². The number of nitrogens with zero attached hydrogens (tertiary/aromatic N) is 1. The molecule has 0 bridgehead atoms. The van der Waals surface area contributed by atoms with Crippen LogP contribution in [0, 0.1) is 0 Å². The molecule has 0 aromatic heterocycles. The number of rotatable bonds is 4. The fourth-order valence-corrected chi connectivity index (χ4v) is 6.04. The molecule has 2 aromatic rings. The van der Waals surface area contributed by atoms with Crippen LogP contribution >= 0.6 is 0 Å². The van der Waals surface area contributed by atoms with Crippen molar-refractivity contribution >= 4 is 17.7 Å². The second kappa shape index (κ2) is 8.77. The summed E-state index contributed by atoms with van der Waals surface area (Å²) in [5.41, 5.74) is 3.69. The third-order valence-electron chi connectivity index (χ3n) is 7.93. The van der Waals surface area contributed by atoms with Crippen LogP contribution in [0.4, 0.5) is 0 Å². The first kappa shape index (κ1) is 22.2. The van der Waals surface area contributed by atoms with Gasteiger partial charge in [-0.2, -0.15) is 0 Å². The van der Waals surface area contributed by atoms with E-state index in [1.807, 2.05) is 24.3 Å². The van der Waals surface area contributed by atoms with Crippen molar-refractivity contribution in [2.24, 2.45) is 0 Å². The molecule has 182 valence electrons. The van der Waals surface area contributed by atoms with E-state index in [1.54, 1.807) is 4.90 Å². The molecule has 2 aromatic carbocycles. The highest BCUT2D eigenvalue weighted by Crippen LogP contribution is 2.43. The number of hydrogen-bond donors (Lipinski definition) is 3. The zero-order valence-corrected chi connectivity index (χ0v) is 19.6. The molecule has 4 aliphatic rings. The van der Waals surface area contributed by atoms with Gasteiger partial charge >= 0.3 is 0 Å². The number of hydrogen-bond acceptors (Lipinski definition) is 6. The van der Waals surface area contributed by atoms with Gasteiger partial charge in [0.25, 0.3) is 5.91 Å². The van der Waals surface area contributed by atoms with Crippen LogP contribution in [0.1, 0.15) is 65.2 Å². The fourth-order valence-electron chi connectivity index (χ4n) is 6.04. The molecule has 0 radical (unpaired) electrons. The summed E-state index contributed by atoms with van der Waals surface area (Å²) in [4.78, 5) is 38.8. The maximum atomic E-state index is 13.2. The van der Waals surface area contributed by atoms with Crippen LogP contribution in [-0.4, -0.2) is 47.4 Å². The summed E-state index contributed by atoms with van der Waals surface area (Å²) in [6.07, 6.45) is 3.49. The van der Waals surface area contributed by atoms with Crippen LogP contribution in [0.15, 0.2) is 42.5 Å². The quantitative estimate of drug-likeness (QED) is 0.588. The van der Waals surface area contributed by atoms with E-state index in [0.717, 1.165) is 49.2 Å². The lowest BCUT2D eigenvalue weighted by molar-refractivity contribution is -0.136. The summed E-state index contributed by atoms with van der Waals surface area (Å²) in [6, 6.07) is 13.6. The minimum Gasteiger partial charge on any atom is -0.487 e. The molecule has 0 aliphatic carbocycles. The van der Waals surface area contributed by atoms with Crippen molar-refractivity contribution in [3.63, 3.8) is 0 Å². The molecule has 3 amide bonds. The van der Waals surface area contributed by atoms with Gasteiger partial charge in [0.15, 0.2) is 0 Å². The summed E-state index contributed by atoms with van der Waals surface area (Å²) in [6.45, 7) is 2.92. The molecule has 0 saturated carbocycles. The van der Waals surface area contributed by atoms with Crippen molar-refractivity contribution in [3.05, 3.63) is 64.7 Å². The molecule has 4 heterocycles. The van der Waals surface area contributed by atoms with E-state index in [9.17, 15) is 14.4 Å². The minimum absolute atomic E-state index is 0.138. The summed E-state index contributed by atoms with van der Waals surface area (Å²) < 4.78 is 6.54. The predicted octanol–water partition coefficient (Wildman–Crippen LogP) is 2.18. The molecule has 2 fully saturated rings. The Labute approximate surface area is 204 Å². The molecular weight excluding hydrogens is 444 g/mol. The van der Waals surface area contributed by atoms with Gasteiger partial charge in [-0.15, -0.1) is 0 Å². The Kier molecular flexibility index (Phi) is 5.57. The molecule has 35 heavy (non-hydrogen) atoms. The first-order valence-corrected chi connectivity index (χ1v) is 12.5. The van der Waals surface area contributed by atoms with Crippen LogP contribution in [0.5, 0.6) is 5.75 Å². The van der Waals surface area contributed by atoms with Gasteiger partial charge < -0.3 is 20.3 Å². The zero-order valence-electron chi connectivity index (χ0n) is 19.6. The number of piperidine rings is 2. The van der Waals surface area contributed by atoms with Crippen molar-refractivity contribution in [3.8, 4) is 5.75 Å². The first-order valence-electron chi connectivity index (χ1n) is 12.5. The molecule has 4 aliphatic heterocycles. The lowest BCUT2D eigenvalue weighted by atomic mass is 9.81. The third kappa shape index (κ3) is 4.00. The lowest BCUT2D eigenvalue weighted by Crippen LogP contribution is -2.52. The van der Waals surface area contributed by atoms with Crippen molar-refractivity contribution in [1.29, 1.82) is 0 Å². The van der Waals surface area contributed by atoms with E-state index in [4.69, 9.17) is 4.74 Å². The van der Waals surface area contributed by atoms with Gasteiger partial charge in [0.1, 0.15) is 17.4 Å². The Morgan fingerprint density at radius 2 is 1.89 bits per heavy atom. The minimum atomic E-state index is -0.601. The predicted molar refractivity (Wildman–Crippen MR) is 129 cm³/mol. The van der Waals surface area contributed by atoms with Gasteiger partial charge in [0, 0.05) is 43.1 Å². The second-order valence-electron chi connectivity index (χ2n) is 10.1. The Bertz CT molecular complexity index is 1190. The number of carbonyl (C=O) groups excluding carboxylic acids is 3. The summed E-state index contributed by atoms with van der Waals surface area (Å²) >= 11 is 0. The standard InChI is InChI=1S/C27H30N4O4/c32-24-9-8-22(25(33)30-24)31-16-20-17(4-3-6-18(20)26(31)34)15-29-21-14-27(10-12-28-13-11-27)35-23-7-2-1-5-19(21)23/h1-7,21-22,28-29H,8-16H2,(H,30,32,33). The Hall–Kier alpha value is -3.23. The highest BCUT2D eigenvalue weighted by atomic mass is 16.5. The zero-order chi connectivity index (χ0) is 24.0. The summed E-state index contributed by atoms with van der Waals surface area (Å²) in [5.74, 6) is 0.161. The van der Waals surface area contributed by atoms with Crippen LogP contribution in [-0.2, 0) is 22.7 Å². The second-order valence-corrected chi connectivity index (χ2v) is 10.1. The number of para-hydroxylation sites is 1. The number of carbonyl (C=O) groups is 3. The molecule has 8 heteroatoms. The van der Waals surface area contributed by atoms with Crippen molar-refractivity contribution in [2.45, 2.75) is 62.9 Å². The topological polar surface area (TPSA) is 99.8 Å². The summed E-state index contributed by atoms with van der Waals surface area (Å²) in [7, 11) is 0. The van der Waals surface area contributed by atoms with Crippen LogP contribution in [0.3, 0.4) is 0 Å². The highest BCUT2D eigenvalue weighted by Gasteiger charge is 2.42. The number of nitrogens with one attached hydrogen (secondary N) is 3. The van der Waals surface area contributed by atoms with E-state index in [-0.39, 0.29) is 35.8 Å². The smallest absolute Gasteiger partial charge is 0.255 e. The average Bonchev–Trinajstić information content (AvgIpc) is 3.20. The average molecular weight is 475 g/mol. The largest absolute Gasteiger partial charge is 0.487 e. The van der Waals surface area contributed by atoms with Crippen molar-refractivity contribution in [2.75, 3.05) is 13.1 Å². The number of imide groups is 1. The Morgan fingerprint density at radius 1 is 1.06 bits per heavy atom. The van der Waals surface area contributed by atoms with Crippen molar-refractivity contribution < 1.29 is 19.1 Å². The SMILES string of the molecule is O=C1CCC(N2Cc3c(CNC4CC5(CCNCC5)Oc5ccccc54)cccc3C2=O)C(=O)N1. The van der Waals surface area contributed by atoms with E-state index < -0.39 is 6.04 Å². The molecule has 2 unspecified atom stereocenters. The molecule has 8 nitrogen and oxygen atoms in total. The fraction of sp³-hybridized carbons (Fsp3) is 0.444. The van der Waals surface area contributed by atoms with Gasteiger partial charge in [-0.25, -0.2) is 0 Å². The van der Waals surface area contributed by atoms with E-state index in [1.165, 1.54) is 5.56 Å². The normalized spacial score (nSPS) is 25.1. The molecular formula is C27H30N4O4. The van der Waals surface area contributed by atoms with Gasteiger partial charge in [-0.05, 0) is 55.6 Å². The van der Waals surface area contributed by atoms with Crippen LogP contribution < -0.4 is 20.7 Å². The van der Waals surface area contributed by atoms with Gasteiger partial charge in [0.2, 0.25) is 11.8 Å². The number of amides is 3.